The van der Waals surface area contributed by atoms with Gasteiger partial charge in [-0.25, -0.2) is 4.79 Å². The normalized spacial score (nSPS) is 13.0. The average molecular weight is 321 g/mol. The molecular weight excluding hydrogens is 294 g/mol. The Kier molecular flexibility index (Phi) is 8.80. The summed E-state index contributed by atoms with van der Waals surface area (Å²) >= 11 is 0. The quantitative estimate of drug-likeness (QED) is 0.503. The minimum Gasteiger partial charge on any atom is -0.493 e. The molecule has 1 aromatic carbocycles. The van der Waals surface area contributed by atoms with Crippen LogP contribution in [0.3, 0.4) is 0 Å². The van der Waals surface area contributed by atoms with Crippen molar-refractivity contribution in [1.29, 1.82) is 0 Å². The van der Waals surface area contributed by atoms with Gasteiger partial charge in [0.25, 0.3) is 0 Å². The van der Waals surface area contributed by atoms with Crippen molar-refractivity contribution in [2.45, 2.75) is 45.6 Å². The van der Waals surface area contributed by atoms with E-state index < -0.39 is 12.0 Å². The van der Waals surface area contributed by atoms with E-state index in [-0.39, 0.29) is 0 Å². The maximum Gasteiger partial charge on any atom is 0.328 e. The fourth-order valence-corrected chi connectivity index (χ4v) is 2.42. The summed E-state index contributed by atoms with van der Waals surface area (Å²) < 4.78 is 10.5. The van der Waals surface area contributed by atoms with Gasteiger partial charge in [-0.3, -0.25) is 4.79 Å². The Morgan fingerprint density at radius 1 is 1.26 bits per heavy atom. The van der Waals surface area contributed by atoms with E-state index in [2.05, 4.69) is 23.9 Å². The number of amides is 1. The first-order valence-electron chi connectivity index (χ1n) is 8.13. The number of carbonyl (C=O) groups excluding carboxylic acids is 2. The predicted octanol–water partition coefficient (Wildman–Crippen LogP) is 2.72. The van der Waals surface area contributed by atoms with Gasteiger partial charge in [0.2, 0.25) is 6.41 Å². The second-order valence-corrected chi connectivity index (χ2v) is 5.58. The van der Waals surface area contributed by atoms with E-state index in [0.717, 1.165) is 24.3 Å². The van der Waals surface area contributed by atoms with E-state index in [9.17, 15) is 9.59 Å². The first-order valence-corrected chi connectivity index (χ1v) is 8.13. The summed E-state index contributed by atoms with van der Waals surface area (Å²) in [6, 6.07) is 6.92. The van der Waals surface area contributed by atoms with Crippen LogP contribution in [0.2, 0.25) is 0 Å². The second kappa shape index (κ2) is 10.6. The summed E-state index contributed by atoms with van der Waals surface area (Å²) in [5.41, 5.74) is 0.933. The fraction of sp³-hybridized carbons (Fsp3) is 0.556. The van der Waals surface area contributed by atoms with Gasteiger partial charge in [0.15, 0.2) is 0 Å². The molecule has 0 radical (unpaired) electrons. The Hall–Kier alpha value is -2.04. The molecule has 0 bridgehead atoms. The van der Waals surface area contributed by atoms with E-state index in [1.54, 1.807) is 0 Å². The van der Waals surface area contributed by atoms with Gasteiger partial charge in [0.05, 0.1) is 13.7 Å². The molecule has 5 heteroatoms. The molecule has 1 N–H and O–H groups in total. The Labute approximate surface area is 138 Å². The molecule has 2 unspecified atom stereocenters. The summed E-state index contributed by atoms with van der Waals surface area (Å²) in [4.78, 5) is 22.1. The highest BCUT2D eigenvalue weighted by Gasteiger charge is 2.18. The average Bonchev–Trinajstić information content (AvgIpc) is 2.58. The highest BCUT2D eigenvalue weighted by molar-refractivity contribution is 5.78. The van der Waals surface area contributed by atoms with Gasteiger partial charge < -0.3 is 14.8 Å². The summed E-state index contributed by atoms with van der Waals surface area (Å²) in [5.74, 6) is 0.948. The van der Waals surface area contributed by atoms with E-state index in [1.807, 2.05) is 24.3 Å². The first-order chi connectivity index (χ1) is 11.1. The molecule has 0 aliphatic carbocycles. The number of benzene rings is 1. The molecule has 0 spiro atoms. The van der Waals surface area contributed by atoms with E-state index in [4.69, 9.17) is 4.74 Å². The Morgan fingerprint density at radius 3 is 2.48 bits per heavy atom. The molecule has 2 atom stereocenters. The maximum absolute atomic E-state index is 11.6. The number of hydrogen-bond acceptors (Lipinski definition) is 4. The Morgan fingerprint density at radius 2 is 1.96 bits per heavy atom. The molecule has 1 aromatic rings. The third kappa shape index (κ3) is 6.72. The SMILES string of the molecule is CCCC(CC)COc1ccc(CC(NC=O)C(=O)OC)cc1. The zero-order valence-corrected chi connectivity index (χ0v) is 14.2. The smallest absolute Gasteiger partial charge is 0.328 e. The molecule has 0 heterocycles. The van der Waals surface area contributed by atoms with Crippen LogP contribution in [0.1, 0.15) is 38.7 Å². The van der Waals surface area contributed by atoms with Crippen molar-refractivity contribution in [3.63, 3.8) is 0 Å². The molecular formula is C18H27NO4. The van der Waals surface area contributed by atoms with Gasteiger partial charge >= 0.3 is 5.97 Å². The van der Waals surface area contributed by atoms with Crippen LogP contribution in [-0.2, 0) is 20.7 Å². The van der Waals surface area contributed by atoms with Gasteiger partial charge in [-0.1, -0.05) is 38.8 Å². The Bertz CT molecular complexity index is 472. The number of ether oxygens (including phenoxy) is 2. The molecule has 0 aromatic heterocycles. The van der Waals surface area contributed by atoms with Crippen LogP contribution in [-0.4, -0.2) is 32.1 Å². The lowest BCUT2D eigenvalue weighted by atomic mass is 10.0. The molecule has 0 aliphatic heterocycles. The van der Waals surface area contributed by atoms with Crippen molar-refractivity contribution < 1.29 is 19.1 Å². The molecule has 1 rings (SSSR count). The third-order valence-corrected chi connectivity index (χ3v) is 3.88. The van der Waals surface area contributed by atoms with Crippen molar-refractivity contribution in [2.75, 3.05) is 13.7 Å². The molecule has 128 valence electrons. The van der Waals surface area contributed by atoms with Crippen LogP contribution in [0.4, 0.5) is 0 Å². The van der Waals surface area contributed by atoms with Gasteiger partial charge in [-0.05, 0) is 30.0 Å². The van der Waals surface area contributed by atoms with Crippen molar-refractivity contribution in [2.24, 2.45) is 5.92 Å². The molecule has 1 amide bonds. The monoisotopic (exact) mass is 321 g/mol. The molecule has 0 saturated heterocycles. The summed E-state index contributed by atoms with van der Waals surface area (Å²) in [6.07, 6.45) is 4.35. The maximum atomic E-state index is 11.6. The van der Waals surface area contributed by atoms with Crippen molar-refractivity contribution in [1.82, 2.24) is 5.32 Å². The third-order valence-electron chi connectivity index (χ3n) is 3.88. The van der Waals surface area contributed by atoms with Crippen LogP contribution in [0.15, 0.2) is 24.3 Å². The first kappa shape index (κ1) is 19.0. The topological polar surface area (TPSA) is 64.6 Å². The number of hydrogen-bond donors (Lipinski definition) is 1. The lowest BCUT2D eigenvalue weighted by Gasteiger charge is -2.16. The molecule has 5 nitrogen and oxygen atoms in total. The van der Waals surface area contributed by atoms with Gasteiger partial charge in [-0.15, -0.1) is 0 Å². The van der Waals surface area contributed by atoms with Crippen molar-refractivity contribution >= 4 is 12.4 Å². The molecule has 0 fully saturated rings. The van der Waals surface area contributed by atoms with Crippen LogP contribution < -0.4 is 10.1 Å². The Balaban J connectivity index is 2.58. The number of methoxy groups -OCH3 is 1. The summed E-state index contributed by atoms with van der Waals surface area (Å²) in [7, 11) is 1.30. The van der Waals surface area contributed by atoms with E-state index in [1.165, 1.54) is 20.0 Å². The number of rotatable bonds is 11. The van der Waals surface area contributed by atoms with Gasteiger partial charge in [-0.2, -0.15) is 0 Å². The highest BCUT2D eigenvalue weighted by atomic mass is 16.5. The number of esters is 1. The predicted molar refractivity (Wildman–Crippen MR) is 89.3 cm³/mol. The lowest BCUT2D eigenvalue weighted by molar-refractivity contribution is -0.144. The largest absolute Gasteiger partial charge is 0.493 e. The van der Waals surface area contributed by atoms with Gasteiger partial charge in [0, 0.05) is 6.42 Å². The molecule has 23 heavy (non-hydrogen) atoms. The summed E-state index contributed by atoms with van der Waals surface area (Å²) in [5, 5.41) is 2.47. The van der Waals surface area contributed by atoms with Gasteiger partial charge in [0.1, 0.15) is 11.8 Å². The zero-order chi connectivity index (χ0) is 17.1. The fourth-order valence-electron chi connectivity index (χ4n) is 2.42. The van der Waals surface area contributed by atoms with Crippen LogP contribution >= 0.6 is 0 Å². The zero-order valence-electron chi connectivity index (χ0n) is 14.2. The molecule has 0 aliphatic rings. The second-order valence-electron chi connectivity index (χ2n) is 5.58. The minimum absolute atomic E-state index is 0.388. The van der Waals surface area contributed by atoms with Crippen molar-refractivity contribution in [3.05, 3.63) is 29.8 Å². The van der Waals surface area contributed by atoms with Crippen LogP contribution in [0.5, 0.6) is 5.75 Å². The van der Waals surface area contributed by atoms with E-state index >= 15 is 0 Å². The lowest BCUT2D eigenvalue weighted by Crippen LogP contribution is -2.38. The summed E-state index contributed by atoms with van der Waals surface area (Å²) in [6.45, 7) is 5.09. The highest BCUT2D eigenvalue weighted by Crippen LogP contribution is 2.17. The minimum atomic E-state index is -0.668. The van der Waals surface area contributed by atoms with Crippen LogP contribution in [0, 0.1) is 5.92 Å². The number of nitrogens with one attached hydrogen (secondary N) is 1. The van der Waals surface area contributed by atoms with Crippen LogP contribution in [0.25, 0.3) is 0 Å². The van der Waals surface area contributed by atoms with Crippen molar-refractivity contribution in [3.8, 4) is 5.75 Å². The standard InChI is InChI=1S/C18H27NO4/c1-4-6-14(5-2)12-23-16-9-7-15(8-10-16)11-17(19-13-20)18(21)22-3/h7-10,13-14,17H,4-6,11-12H2,1-3H3,(H,19,20). The molecule has 0 saturated carbocycles. The van der Waals surface area contributed by atoms with E-state index in [0.29, 0.717) is 18.7 Å². The number of carbonyl (C=O) groups is 2.